The van der Waals surface area contributed by atoms with E-state index in [-0.39, 0.29) is 11.4 Å². The molecule has 1 aromatic rings. The Morgan fingerprint density at radius 3 is 2.04 bits per heavy atom. The number of alkyl carbamates (subject to hydrolysis) is 1. The number of aromatic nitrogens is 1. The number of carbonyl (C=O) groups is 3. The molecule has 3 N–H and O–H groups in total. The zero-order valence-corrected chi connectivity index (χ0v) is 14.2. The molecule has 8 nitrogen and oxygen atoms in total. The topological polar surface area (TPSA) is 113 Å². The van der Waals surface area contributed by atoms with Crippen molar-refractivity contribution in [2.45, 2.75) is 52.7 Å². The molecular weight excluding hydrogens is 302 g/mol. The van der Waals surface area contributed by atoms with Gasteiger partial charge in [0.05, 0.1) is 5.69 Å². The Kier molecular flexibility index (Phi) is 5.09. The van der Waals surface area contributed by atoms with Crippen molar-refractivity contribution in [2.24, 2.45) is 0 Å². The molecule has 0 bridgehead atoms. The summed E-state index contributed by atoms with van der Waals surface area (Å²) in [6.07, 6.45) is -0.445. The minimum atomic E-state index is -0.919. The van der Waals surface area contributed by atoms with Gasteiger partial charge in [0.15, 0.2) is 0 Å². The molecule has 1 aromatic heterocycles. The number of ether oxygens (including phenoxy) is 2. The molecule has 0 spiro atoms. The van der Waals surface area contributed by atoms with E-state index in [1.54, 1.807) is 41.5 Å². The van der Waals surface area contributed by atoms with Crippen LogP contribution >= 0.6 is 0 Å². The SMILES string of the molecule is CC(C)(C)OC(=O)NC(=O)c1cc(N)cn1C(=O)OC(C)(C)C. The van der Waals surface area contributed by atoms with Crippen LogP contribution in [0.2, 0.25) is 0 Å². The van der Waals surface area contributed by atoms with Gasteiger partial charge in [-0.15, -0.1) is 0 Å². The van der Waals surface area contributed by atoms with E-state index >= 15 is 0 Å². The number of nitrogens with one attached hydrogen (secondary N) is 1. The van der Waals surface area contributed by atoms with Crippen LogP contribution in [0.3, 0.4) is 0 Å². The van der Waals surface area contributed by atoms with E-state index in [0.717, 1.165) is 4.57 Å². The molecule has 0 aromatic carbocycles. The van der Waals surface area contributed by atoms with E-state index in [2.05, 4.69) is 0 Å². The molecule has 8 heteroatoms. The fraction of sp³-hybridized carbons (Fsp3) is 0.533. The summed E-state index contributed by atoms with van der Waals surface area (Å²) in [6.45, 7) is 10.1. The fourth-order valence-corrected chi connectivity index (χ4v) is 1.58. The van der Waals surface area contributed by atoms with Crippen LogP contribution in [0, 0.1) is 0 Å². The number of carbonyl (C=O) groups excluding carboxylic acids is 3. The van der Waals surface area contributed by atoms with E-state index in [9.17, 15) is 14.4 Å². The Hall–Kier alpha value is -2.51. The maximum atomic E-state index is 12.1. The summed E-state index contributed by atoms with van der Waals surface area (Å²) in [5.74, 6) is -0.818. The highest BCUT2D eigenvalue weighted by molar-refractivity contribution is 6.04. The molecule has 1 rings (SSSR count). The van der Waals surface area contributed by atoms with Crippen molar-refractivity contribution < 1.29 is 23.9 Å². The van der Waals surface area contributed by atoms with Crippen LogP contribution in [0.4, 0.5) is 15.3 Å². The number of rotatable bonds is 1. The minimum Gasteiger partial charge on any atom is -0.444 e. The molecule has 0 fully saturated rings. The fourth-order valence-electron chi connectivity index (χ4n) is 1.58. The van der Waals surface area contributed by atoms with Crippen LogP contribution in [-0.4, -0.2) is 33.9 Å². The van der Waals surface area contributed by atoms with Crippen molar-refractivity contribution in [3.8, 4) is 0 Å². The molecule has 0 atom stereocenters. The lowest BCUT2D eigenvalue weighted by Gasteiger charge is -2.21. The van der Waals surface area contributed by atoms with Crippen LogP contribution in [0.25, 0.3) is 0 Å². The Bertz CT molecular complexity index is 620. The second kappa shape index (κ2) is 6.31. The van der Waals surface area contributed by atoms with Gasteiger partial charge in [0.2, 0.25) is 0 Å². The minimum absolute atomic E-state index is 0.123. The largest absolute Gasteiger partial charge is 0.444 e. The van der Waals surface area contributed by atoms with Gasteiger partial charge >= 0.3 is 12.2 Å². The Balaban J connectivity index is 2.94. The van der Waals surface area contributed by atoms with Crippen LogP contribution < -0.4 is 11.1 Å². The standard InChI is InChI=1S/C15H23N3O5/c1-14(2,3)22-12(20)17-11(19)10-7-9(16)8-18(10)13(21)23-15(4,5)6/h7-8H,16H2,1-6H3,(H,17,19,20). The third-order valence-corrected chi connectivity index (χ3v) is 2.28. The Labute approximate surface area is 134 Å². The van der Waals surface area contributed by atoms with Crippen LogP contribution in [0.1, 0.15) is 52.0 Å². The van der Waals surface area contributed by atoms with E-state index < -0.39 is 29.3 Å². The summed E-state index contributed by atoms with van der Waals surface area (Å²) >= 11 is 0. The van der Waals surface area contributed by atoms with E-state index in [4.69, 9.17) is 15.2 Å². The lowest BCUT2D eigenvalue weighted by Crippen LogP contribution is -2.38. The molecule has 0 aliphatic heterocycles. The molecule has 0 aliphatic carbocycles. The monoisotopic (exact) mass is 325 g/mol. The maximum absolute atomic E-state index is 12.1. The average molecular weight is 325 g/mol. The van der Waals surface area contributed by atoms with Gasteiger partial charge in [-0.25, -0.2) is 14.2 Å². The highest BCUT2D eigenvalue weighted by Gasteiger charge is 2.25. The number of anilines is 1. The summed E-state index contributed by atoms with van der Waals surface area (Å²) in [6, 6.07) is 1.27. The number of nitrogens with two attached hydrogens (primary N) is 1. The van der Waals surface area contributed by atoms with Crippen molar-refractivity contribution in [3.05, 3.63) is 18.0 Å². The lowest BCUT2D eigenvalue weighted by atomic mass is 10.2. The molecule has 2 amide bonds. The zero-order chi connectivity index (χ0) is 18.0. The van der Waals surface area contributed by atoms with E-state index in [1.165, 1.54) is 12.3 Å². The van der Waals surface area contributed by atoms with Gasteiger partial charge < -0.3 is 15.2 Å². The summed E-state index contributed by atoms with van der Waals surface area (Å²) < 4.78 is 11.1. The summed E-state index contributed by atoms with van der Waals surface area (Å²) in [5.41, 5.74) is 4.19. The predicted molar refractivity (Wildman–Crippen MR) is 84.2 cm³/mol. The number of hydrogen-bond donors (Lipinski definition) is 2. The first-order valence-electron chi connectivity index (χ1n) is 7.04. The van der Waals surface area contributed by atoms with Gasteiger partial charge in [0.1, 0.15) is 16.9 Å². The molecule has 23 heavy (non-hydrogen) atoms. The zero-order valence-electron chi connectivity index (χ0n) is 14.2. The Morgan fingerprint density at radius 1 is 1.04 bits per heavy atom. The van der Waals surface area contributed by atoms with Crippen molar-refractivity contribution in [3.63, 3.8) is 0 Å². The van der Waals surface area contributed by atoms with E-state index in [0.29, 0.717) is 0 Å². The summed E-state index contributed by atoms with van der Waals surface area (Å²) in [5, 5.41) is 2.04. The highest BCUT2D eigenvalue weighted by Crippen LogP contribution is 2.15. The van der Waals surface area contributed by atoms with Crippen molar-refractivity contribution in [1.82, 2.24) is 9.88 Å². The first-order valence-corrected chi connectivity index (χ1v) is 7.04. The molecule has 0 saturated heterocycles. The number of nitrogens with zero attached hydrogens (tertiary/aromatic N) is 1. The summed E-state index contributed by atoms with van der Waals surface area (Å²) in [7, 11) is 0. The number of amides is 2. The van der Waals surface area contributed by atoms with Crippen LogP contribution in [0.5, 0.6) is 0 Å². The predicted octanol–water partition coefficient (Wildman–Crippen LogP) is 2.52. The third kappa shape index (κ3) is 6.01. The Morgan fingerprint density at radius 2 is 1.57 bits per heavy atom. The molecule has 1 heterocycles. The maximum Gasteiger partial charge on any atom is 0.419 e. The number of imide groups is 1. The summed E-state index contributed by atoms with van der Waals surface area (Å²) in [4.78, 5) is 35.9. The quantitative estimate of drug-likeness (QED) is 0.820. The van der Waals surface area contributed by atoms with Crippen molar-refractivity contribution in [1.29, 1.82) is 0 Å². The van der Waals surface area contributed by atoms with Gasteiger partial charge in [0.25, 0.3) is 5.91 Å². The first kappa shape index (κ1) is 18.5. The molecule has 0 radical (unpaired) electrons. The third-order valence-electron chi connectivity index (χ3n) is 2.28. The van der Waals surface area contributed by atoms with Gasteiger partial charge in [-0.1, -0.05) is 0 Å². The van der Waals surface area contributed by atoms with Gasteiger partial charge in [-0.2, -0.15) is 0 Å². The van der Waals surface area contributed by atoms with E-state index in [1.807, 2.05) is 5.32 Å². The molecule has 0 unspecified atom stereocenters. The number of nitrogen functional groups attached to an aromatic ring is 1. The van der Waals surface area contributed by atoms with Gasteiger partial charge in [0, 0.05) is 6.20 Å². The second-order valence-electron chi connectivity index (χ2n) is 6.97. The van der Waals surface area contributed by atoms with Crippen molar-refractivity contribution >= 4 is 23.8 Å². The molecule has 0 aliphatic rings. The number of hydrogen-bond acceptors (Lipinski definition) is 6. The average Bonchev–Trinajstić information content (AvgIpc) is 2.66. The highest BCUT2D eigenvalue weighted by atomic mass is 16.6. The molecule has 128 valence electrons. The van der Waals surface area contributed by atoms with Crippen LogP contribution in [0.15, 0.2) is 12.3 Å². The smallest absolute Gasteiger partial charge is 0.419 e. The van der Waals surface area contributed by atoms with Gasteiger partial charge in [-0.05, 0) is 47.6 Å². The molecular formula is C15H23N3O5. The van der Waals surface area contributed by atoms with Crippen molar-refractivity contribution in [2.75, 3.05) is 5.73 Å². The second-order valence-corrected chi connectivity index (χ2v) is 6.97. The lowest BCUT2D eigenvalue weighted by molar-refractivity contribution is 0.0478. The normalized spacial score (nSPS) is 11.7. The van der Waals surface area contributed by atoms with Gasteiger partial charge in [-0.3, -0.25) is 10.1 Å². The first-order chi connectivity index (χ1) is 10.3. The van der Waals surface area contributed by atoms with Crippen LogP contribution in [-0.2, 0) is 9.47 Å². The molecule has 0 saturated carbocycles.